The van der Waals surface area contributed by atoms with Gasteiger partial charge in [0.2, 0.25) is 5.12 Å². The lowest BCUT2D eigenvalue weighted by molar-refractivity contribution is -0.387. The molecule has 1 aromatic rings. The molecule has 22 heavy (non-hydrogen) atoms. The zero-order chi connectivity index (χ0) is 16.1. The first-order valence-electron chi connectivity index (χ1n) is 6.92. The molecule has 7 nitrogen and oxygen atoms in total. The lowest BCUT2D eigenvalue weighted by atomic mass is 10.1. The summed E-state index contributed by atoms with van der Waals surface area (Å²) in [5.41, 5.74) is -0.517. The first-order valence-corrected chi connectivity index (χ1v) is 7.74. The smallest absolute Gasteiger partial charge is 0.335 e. The van der Waals surface area contributed by atoms with Gasteiger partial charge in [-0.15, -0.1) is 0 Å². The van der Waals surface area contributed by atoms with Crippen molar-refractivity contribution in [2.75, 3.05) is 19.6 Å². The SMILES string of the molecule is O=C(CN1CCCCC1)Sc1ccc(C(=O)O)cc1[N+](=O)[O-]. The van der Waals surface area contributed by atoms with Crippen LogP contribution >= 0.6 is 11.8 Å². The van der Waals surface area contributed by atoms with Crippen LogP contribution in [0.4, 0.5) is 5.69 Å². The topological polar surface area (TPSA) is 101 Å². The number of carboxylic acids is 1. The summed E-state index contributed by atoms with van der Waals surface area (Å²) < 4.78 is 0. The number of nitro groups is 1. The van der Waals surface area contributed by atoms with E-state index in [1.165, 1.54) is 18.6 Å². The van der Waals surface area contributed by atoms with E-state index in [0.717, 1.165) is 43.8 Å². The highest BCUT2D eigenvalue weighted by atomic mass is 32.2. The molecule has 0 amide bonds. The Labute approximate surface area is 131 Å². The number of piperidine rings is 1. The van der Waals surface area contributed by atoms with Crippen molar-refractivity contribution in [1.82, 2.24) is 4.90 Å². The Hall–Kier alpha value is -1.93. The van der Waals surface area contributed by atoms with Gasteiger partial charge in [0.25, 0.3) is 5.69 Å². The van der Waals surface area contributed by atoms with Gasteiger partial charge in [-0.25, -0.2) is 4.79 Å². The van der Waals surface area contributed by atoms with Gasteiger partial charge in [-0.05, 0) is 49.8 Å². The van der Waals surface area contributed by atoms with Crippen LogP contribution in [0.1, 0.15) is 29.6 Å². The molecule has 0 aromatic heterocycles. The van der Waals surface area contributed by atoms with Crippen molar-refractivity contribution < 1.29 is 19.6 Å². The number of hydrogen-bond donors (Lipinski definition) is 1. The van der Waals surface area contributed by atoms with Gasteiger partial charge in [-0.3, -0.25) is 19.8 Å². The second-order valence-corrected chi connectivity index (χ2v) is 6.15. The van der Waals surface area contributed by atoms with E-state index in [9.17, 15) is 19.7 Å². The monoisotopic (exact) mass is 324 g/mol. The molecule has 0 spiro atoms. The van der Waals surface area contributed by atoms with E-state index >= 15 is 0 Å². The van der Waals surface area contributed by atoms with Crippen molar-refractivity contribution in [1.29, 1.82) is 0 Å². The van der Waals surface area contributed by atoms with Crippen LogP contribution in [0.15, 0.2) is 23.1 Å². The van der Waals surface area contributed by atoms with Crippen molar-refractivity contribution >= 4 is 28.5 Å². The van der Waals surface area contributed by atoms with Crippen LogP contribution in [0.25, 0.3) is 0 Å². The maximum Gasteiger partial charge on any atom is 0.335 e. The number of thioether (sulfide) groups is 1. The van der Waals surface area contributed by atoms with Crippen molar-refractivity contribution in [3.63, 3.8) is 0 Å². The van der Waals surface area contributed by atoms with Crippen LogP contribution in [0.5, 0.6) is 0 Å². The fourth-order valence-corrected chi connectivity index (χ4v) is 3.20. The number of nitrogens with zero attached hydrogens (tertiary/aromatic N) is 2. The van der Waals surface area contributed by atoms with Gasteiger partial charge in [-0.1, -0.05) is 6.42 Å². The van der Waals surface area contributed by atoms with Crippen LogP contribution in [0.3, 0.4) is 0 Å². The molecule has 0 bridgehead atoms. The van der Waals surface area contributed by atoms with E-state index in [1.807, 2.05) is 4.90 Å². The van der Waals surface area contributed by atoms with E-state index < -0.39 is 10.9 Å². The molecule has 118 valence electrons. The quantitative estimate of drug-likeness (QED) is 0.504. The zero-order valence-corrected chi connectivity index (χ0v) is 12.7. The van der Waals surface area contributed by atoms with Gasteiger partial charge in [0, 0.05) is 6.07 Å². The van der Waals surface area contributed by atoms with Crippen LogP contribution in [-0.4, -0.2) is 45.6 Å². The fourth-order valence-electron chi connectivity index (χ4n) is 2.33. The molecule has 0 unspecified atom stereocenters. The molecule has 1 heterocycles. The third-order valence-electron chi connectivity index (χ3n) is 3.43. The Morgan fingerprint density at radius 3 is 2.55 bits per heavy atom. The summed E-state index contributed by atoms with van der Waals surface area (Å²) in [6.45, 7) is 1.99. The highest BCUT2D eigenvalue weighted by molar-refractivity contribution is 8.13. The van der Waals surface area contributed by atoms with Gasteiger partial charge in [0.15, 0.2) is 0 Å². The lowest BCUT2D eigenvalue weighted by Crippen LogP contribution is -2.33. The number of aromatic carboxylic acids is 1. The normalized spacial score (nSPS) is 15.5. The summed E-state index contributed by atoms with van der Waals surface area (Å²) in [4.78, 5) is 35.5. The molecule has 1 aromatic carbocycles. The molecule has 0 aliphatic carbocycles. The number of rotatable bonds is 5. The van der Waals surface area contributed by atoms with Crippen LogP contribution in [0.2, 0.25) is 0 Å². The Kier molecular flexibility index (Phi) is 5.51. The lowest BCUT2D eigenvalue weighted by Gasteiger charge is -2.25. The Balaban J connectivity index is 2.09. The largest absolute Gasteiger partial charge is 0.478 e. The maximum absolute atomic E-state index is 12.1. The molecule has 8 heteroatoms. The minimum Gasteiger partial charge on any atom is -0.478 e. The minimum atomic E-state index is -1.24. The van der Waals surface area contributed by atoms with Crippen molar-refractivity contribution in [2.24, 2.45) is 0 Å². The number of carbonyl (C=O) groups is 2. The molecule has 0 saturated carbocycles. The molecule has 1 aliphatic heterocycles. The first kappa shape index (κ1) is 16.4. The van der Waals surface area contributed by atoms with Crippen LogP contribution < -0.4 is 0 Å². The first-order chi connectivity index (χ1) is 10.5. The van der Waals surface area contributed by atoms with E-state index in [2.05, 4.69) is 0 Å². The Morgan fingerprint density at radius 2 is 1.95 bits per heavy atom. The molecule has 1 aliphatic rings. The molecular weight excluding hydrogens is 308 g/mol. The summed E-state index contributed by atoms with van der Waals surface area (Å²) in [6, 6.07) is 3.57. The van der Waals surface area contributed by atoms with E-state index in [1.54, 1.807) is 0 Å². The van der Waals surface area contributed by atoms with Gasteiger partial charge < -0.3 is 5.11 Å². The number of carbonyl (C=O) groups excluding carboxylic acids is 1. The van der Waals surface area contributed by atoms with E-state index in [-0.39, 0.29) is 27.8 Å². The van der Waals surface area contributed by atoms with Crippen LogP contribution in [-0.2, 0) is 4.79 Å². The van der Waals surface area contributed by atoms with E-state index in [4.69, 9.17) is 5.11 Å². The molecule has 0 atom stereocenters. The summed E-state index contributed by atoms with van der Waals surface area (Å²) >= 11 is 0.797. The molecule has 0 radical (unpaired) electrons. The van der Waals surface area contributed by atoms with Gasteiger partial charge in [-0.2, -0.15) is 0 Å². The van der Waals surface area contributed by atoms with Crippen LogP contribution in [0, 0.1) is 10.1 Å². The van der Waals surface area contributed by atoms with Gasteiger partial charge in [0.1, 0.15) is 0 Å². The Bertz CT molecular complexity index is 599. The molecular formula is C14H16N2O5S. The second-order valence-electron chi connectivity index (χ2n) is 5.06. The van der Waals surface area contributed by atoms with Crippen molar-refractivity contribution in [3.8, 4) is 0 Å². The zero-order valence-electron chi connectivity index (χ0n) is 11.9. The predicted molar refractivity (Wildman–Crippen MR) is 81.2 cm³/mol. The summed E-state index contributed by atoms with van der Waals surface area (Å²) in [5.74, 6) is -1.24. The molecule has 2 rings (SSSR count). The van der Waals surface area contributed by atoms with Gasteiger partial charge >= 0.3 is 5.97 Å². The summed E-state index contributed by atoms with van der Waals surface area (Å²) in [6.07, 6.45) is 3.29. The third-order valence-corrected chi connectivity index (χ3v) is 4.35. The van der Waals surface area contributed by atoms with E-state index in [0.29, 0.717) is 0 Å². The standard InChI is InChI=1S/C14H16N2O5S/c17-13(9-15-6-2-1-3-7-15)22-12-5-4-10(14(18)19)8-11(12)16(20)21/h4-5,8H,1-3,6-7,9H2,(H,18,19). The molecule has 1 saturated heterocycles. The highest BCUT2D eigenvalue weighted by Crippen LogP contribution is 2.31. The van der Waals surface area contributed by atoms with Gasteiger partial charge in [0.05, 0.1) is 21.9 Å². The van der Waals surface area contributed by atoms with Crippen molar-refractivity contribution in [2.45, 2.75) is 24.2 Å². The minimum absolute atomic E-state index is 0.167. The number of likely N-dealkylation sites (tertiary alicyclic amines) is 1. The summed E-state index contributed by atoms with van der Waals surface area (Å²) in [7, 11) is 0. The van der Waals surface area contributed by atoms with Crippen molar-refractivity contribution in [3.05, 3.63) is 33.9 Å². The average Bonchev–Trinajstić information content (AvgIpc) is 2.48. The Morgan fingerprint density at radius 1 is 1.27 bits per heavy atom. The molecule has 1 fully saturated rings. The third kappa shape index (κ3) is 4.28. The fraction of sp³-hybridized carbons (Fsp3) is 0.429. The number of hydrogen-bond acceptors (Lipinski definition) is 6. The number of carboxylic acid groups (broad SMARTS) is 1. The number of nitro benzene ring substituents is 1. The molecule has 1 N–H and O–H groups in total. The average molecular weight is 324 g/mol. The summed E-state index contributed by atoms with van der Waals surface area (Å²) in [5, 5.41) is 19.7. The second kappa shape index (κ2) is 7.37. The maximum atomic E-state index is 12.1. The highest BCUT2D eigenvalue weighted by Gasteiger charge is 2.21. The number of benzene rings is 1. The predicted octanol–water partition coefficient (Wildman–Crippen LogP) is 2.40.